The first kappa shape index (κ1) is 23.8. The Morgan fingerprint density at radius 2 is 1.87 bits per heavy atom. The molecule has 6 nitrogen and oxygen atoms in total. The van der Waals surface area contributed by atoms with Crippen LogP contribution in [0.5, 0.6) is 0 Å². The SMILES string of the molecule is COCC1(C(=O)NCc2cccc(NC(=O)c3cccc(F)c3)c2)CCNCC1.Cl. The molecule has 0 unspecified atom stereocenters. The minimum Gasteiger partial charge on any atom is -0.384 e. The number of methoxy groups -OCH3 is 1. The third kappa shape index (κ3) is 6.01. The summed E-state index contributed by atoms with van der Waals surface area (Å²) in [5, 5.41) is 9.03. The summed E-state index contributed by atoms with van der Waals surface area (Å²) >= 11 is 0. The smallest absolute Gasteiger partial charge is 0.255 e. The molecule has 0 bridgehead atoms. The van der Waals surface area contributed by atoms with Gasteiger partial charge in [0.1, 0.15) is 5.82 Å². The number of halogens is 2. The first-order valence-electron chi connectivity index (χ1n) is 9.66. The van der Waals surface area contributed by atoms with Crippen molar-refractivity contribution in [3.8, 4) is 0 Å². The van der Waals surface area contributed by atoms with Crippen molar-refractivity contribution in [2.45, 2.75) is 19.4 Å². The zero-order valence-corrected chi connectivity index (χ0v) is 17.7. The minimum absolute atomic E-state index is 0. The van der Waals surface area contributed by atoms with Gasteiger partial charge < -0.3 is 20.7 Å². The summed E-state index contributed by atoms with van der Waals surface area (Å²) in [5.74, 6) is -0.869. The molecule has 1 aliphatic heterocycles. The topological polar surface area (TPSA) is 79.5 Å². The third-order valence-electron chi connectivity index (χ3n) is 5.19. The van der Waals surface area contributed by atoms with Gasteiger partial charge in [0, 0.05) is 24.9 Å². The highest BCUT2D eigenvalue weighted by molar-refractivity contribution is 6.04. The predicted octanol–water partition coefficient (Wildman–Crippen LogP) is 3.13. The standard InChI is InChI=1S/C22H26FN3O3.ClH/c1-29-15-22(8-10-24-11-9-22)21(28)25-14-16-4-2-7-19(12-16)26-20(27)17-5-3-6-18(23)13-17;/h2-7,12-13,24H,8-11,14-15H2,1H3,(H,25,28)(H,26,27);1H. The van der Waals surface area contributed by atoms with Crippen molar-refractivity contribution in [3.63, 3.8) is 0 Å². The average molecular weight is 436 g/mol. The van der Waals surface area contributed by atoms with E-state index in [0.717, 1.165) is 31.5 Å². The van der Waals surface area contributed by atoms with Gasteiger partial charge in [0.05, 0.1) is 12.0 Å². The van der Waals surface area contributed by atoms with Crippen molar-refractivity contribution in [2.75, 3.05) is 32.1 Å². The number of carbonyl (C=O) groups is 2. The number of amides is 2. The molecule has 1 fully saturated rings. The number of anilines is 1. The van der Waals surface area contributed by atoms with Crippen molar-refractivity contribution >= 4 is 29.9 Å². The summed E-state index contributed by atoms with van der Waals surface area (Å²) in [7, 11) is 1.61. The van der Waals surface area contributed by atoms with Gasteiger partial charge in [-0.25, -0.2) is 4.39 Å². The lowest BCUT2D eigenvalue weighted by Gasteiger charge is -2.35. The molecule has 2 amide bonds. The monoisotopic (exact) mass is 435 g/mol. The molecule has 0 saturated carbocycles. The van der Waals surface area contributed by atoms with E-state index in [4.69, 9.17) is 4.74 Å². The van der Waals surface area contributed by atoms with Crippen LogP contribution in [0, 0.1) is 11.2 Å². The van der Waals surface area contributed by atoms with Crippen molar-refractivity contribution in [1.29, 1.82) is 0 Å². The lowest BCUT2D eigenvalue weighted by atomic mass is 9.78. The number of benzene rings is 2. The van der Waals surface area contributed by atoms with Crippen LogP contribution in [-0.2, 0) is 16.1 Å². The van der Waals surface area contributed by atoms with E-state index in [1.807, 2.05) is 6.07 Å². The van der Waals surface area contributed by atoms with Gasteiger partial charge in [0.2, 0.25) is 5.91 Å². The highest BCUT2D eigenvalue weighted by Gasteiger charge is 2.39. The summed E-state index contributed by atoms with van der Waals surface area (Å²) in [6.45, 7) is 2.32. The largest absolute Gasteiger partial charge is 0.384 e. The molecule has 2 aromatic rings. The van der Waals surface area contributed by atoms with Crippen LogP contribution in [0.3, 0.4) is 0 Å². The van der Waals surface area contributed by atoms with E-state index in [9.17, 15) is 14.0 Å². The molecule has 0 aliphatic carbocycles. The molecule has 162 valence electrons. The van der Waals surface area contributed by atoms with Crippen LogP contribution in [0.4, 0.5) is 10.1 Å². The van der Waals surface area contributed by atoms with Gasteiger partial charge in [-0.05, 0) is 61.8 Å². The Kier molecular flexibility index (Phi) is 8.77. The number of hydrogen-bond donors (Lipinski definition) is 3. The van der Waals surface area contributed by atoms with E-state index in [2.05, 4.69) is 16.0 Å². The Morgan fingerprint density at radius 1 is 1.13 bits per heavy atom. The van der Waals surface area contributed by atoms with E-state index in [0.29, 0.717) is 18.8 Å². The van der Waals surface area contributed by atoms with Gasteiger partial charge in [-0.15, -0.1) is 12.4 Å². The Labute approximate surface area is 182 Å². The summed E-state index contributed by atoms with van der Waals surface area (Å²) in [5.41, 5.74) is 1.18. The molecule has 0 atom stereocenters. The Hall–Kier alpha value is -2.48. The highest BCUT2D eigenvalue weighted by Crippen LogP contribution is 2.29. The number of carbonyl (C=O) groups excluding carboxylic acids is 2. The zero-order chi connectivity index (χ0) is 20.7. The molecule has 0 spiro atoms. The van der Waals surface area contributed by atoms with Gasteiger partial charge in [-0.2, -0.15) is 0 Å². The molecule has 1 saturated heterocycles. The molecular weight excluding hydrogens is 409 g/mol. The molecule has 0 radical (unpaired) electrons. The van der Waals surface area contributed by atoms with Gasteiger partial charge in [0.15, 0.2) is 0 Å². The van der Waals surface area contributed by atoms with E-state index in [1.54, 1.807) is 31.4 Å². The molecule has 3 rings (SSSR count). The summed E-state index contributed by atoms with van der Waals surface area (Å²) in [6.07, 6.45) is 1.47. The second-order valence-electron chi connectivity index (χ2n) is 7.31. The van der Waals surface area contributed by atoms with Crippen LogP contribution >= 0.6 is 12.4 Å². The van der Waals surface area contributed by atoms with Crippen LogP contribution in [0.25, 0.3) is 0 Å². The number of nitrogens with one attached hydrogen (secondary N) is 3. The van der Waals surface area contributed by atoms with Crippen LogP contribution in [0.15, 0.2) is 48.5 Å². The Morgan fingerprint density at radius 3 is 2.57 bits per heavy atom. The maximum Gasteiger partial charge on any atom is 0.255 e. The molecule has 30 heavy (non-hydrogen) atoms. The van der Waals surface area contributed by atoms with E-state index in [-0.39, 0.29) is 29.8 Å². The molecular formula is C22H27ClFN3O3. The third-order valence-corrected chi connectivity index (χ3v) is 5.19. The number of piperidine rings is 1. The van der Waals surface area contributed by atoms with E-state index < -0.39 is 11.2 Å². The lowest BCUT2D eigenvalue weighted by Crippen LogP contribution is -2.49. The van der Waals surface area contributed by atoms with E-state index in [1.165, 1.54) is 18.2 Å². The fourth-order valence-electron chi connectivity index (χ4n) is 3.58. The Bertz CT molecular complexity index is 867. The van der Waals surface area contributed by atoms with Crippen molar-refractivity contribution in [1.82, 2.24) is 10.6 Å². The van der Waals surface area contributed by atoms with E-state index >= 15 is 0 Å². The summed E-state index contributed by atoms with van der Waals surface area (Å²) in [6, 6.07) is 12.8. The predicted molar refractivity (Wildman–Crippen MR) is 116 cm³/mol. The first-order valence-corrected chi connectivity index (χ1v) is 9.66. The molecule has 8 heteroatoms. The van der Waals surface area contributed by atoms with Gasteiger partial charge in [0.25, 0.3) is 5.91 Å². The average Bonchev–Trinajstić information content (AvgIpc) is 2.73. The summed E-state index contributed by atoms with van der Waals surface area (Å²) in [4.78, 5) is 25.1. The molecule has 1 heterocycles. The van der Waals surface area contributed by atoms with Gasteiger partial charge in [-0.3, -0.25) is 9.59 Å². The highest BCUT2D eigenvalue weighted by atomic mass is 35.5. The Balaban J connectivity index is 0.00000320. The van der Waals surface area contributed by atoms with Gasteiger partial charge >= 0.3 is 0 Å². The maximum absolute atomic E-state index is 13.3. The molecule has 2 aromatic carbocycles. The first-order chi connectivity index (χ1) is 14.0. The van der Waals surface area contributed by atoms with Crippen molar-refractivity contribution in [3.05, 3.63) is 65.5 Å². The number of rotatable bonds is 7. The fourth-order valence-corrected chi connectivity index (χ4v) is 3.58. The quantitative estimate of drug-likeness (QED) is 0.624. The number of ether oxygens (including phenoxy) is 1. The second kappa shape index (κ2) is 11.1. The number of hydrogen-bond acceptors (Lipinski definition) is 4. The van der Waals surface area contributed by atoms with Crippen LogP contribution in [0.2, 0.25) is 0 Å². The van der Waals surface area contributed by atoms with Crippen molar-refractivity contribution < 1.29 is 18.7 Å². The summed E-state index contributed by atoms with van der Waals surface area (Å²) < 4.78 is 18.6. The van der Waals surface area contributed by atoms with Gasteiger partial charge in [-0.1, -0.05) is 18.2 Å². The maximum atomic E-state index is 13.3. The fraction of sp³-hybridized carbons (Fsp3) is 0.364. The molecule has 0 aromatic heterocycles. The molecule has 3 N–H and O–H groups in total. The van der Waals surface area contributed by atoms with Crippen LogP contribution < -0.4 is 16.0 Å². The minimum atomic E-state index is -0.511. The second-order valence-corrected chi connectivity index (χ2v) is 7.31. The van der Waals surface area contributed by atoms with Crippen LogP contribution in [0.1, 0.15) is 28.8 Å². The lowest BCUT2D eigenvalue weighted by molar-refractivity contribution is -0.136. The normalized spacial score (nSPS) is 15.0. The van der Waals surface area contributed by atoms with Crippen molar-refractivity contribution in [2.24, 2.45) is 5.41 Å². The zero-order valence-electron chi connectivity index (χ0n) is 16.9. The van der Waals surface area contributed by atoms with Crippen LogP contribution in [-0.4, -0.2) is 38.6 Å². The molecule has 1 aliphatic rings.